The Morgan fingerprint density at radius 2 is 2.20 bits per heavy atom. The molecular weight excluding hydrogens is 376 g/mol. The minimum atomic E-state index is -0.00626. The molecule has 1 aliphatic heterocycles. The van der Waals surface area contributed by atoms with Gasteiger partial charge >= 0.3 is 0 Å². The Morgan fingerprint density at radius 3 is 3.00 bits per heavy atom. The second-order valence-corrected chi connectivity index (χ2v) is 8.70. The number of fused-ring (bicyclic) bond motifs is 2. The minimum absolute atomic E-state index is 0.00626. The second-order valence-electron chi connectivity index (χ2n) is 8.70. The van der Waals surface area contributed by atoms with E-state index in [0.29, 0.717) is 42.4 Å². The molecule has 2 aromatic heterocycles. The SMILES string of the molecule is CN1C[C@H](CCC(=O)Nc2ccc(CN)nn2)C[C@@H]2c3cccc4[nH]cc(c34)C[C@H]21. The van der Waals surface area contributed by atoms with Gasteiger partial charge < -0.3 is 20.9 Å². The average Bonchev–Trinajstić information content (AvgIpc) is 3.18. The van der Waals surface area contributed by atoms with Crippen molar-refractivity contribution in [1.29, 1.82) is 0 Å². The molecule has 3 aromatic rings. The highest BCUT2D eigenvalue weighted by atomic mass is 16.1. The zero-order valence-corrected chi connectivity index (χ0v) is 17.3. The monoisotopic (exact) mass is 404 g/mol. The van der Waals surface area contributed by atoms with E-state index in [1.165, 1.54) is 22.0 Å². The first-order valence-corrected chi connectivity index (χ1v) is 10.7. The van der Waals surface area contributed by atoms with E-state index in [-0.39, 0.29) is 5.91 Å². The van der Waals surface area contributed by atoms with Gasteiger partial charge in [-0.15, -0.1) is 5.10 Å². The predicted octanol–water partition coefficient (Wildman–Crippen LogP) is 2.80. The van der Waals surface area contributed by atoms with Crippen molar-refractivity contribution in [2.45, 2.75) is 44.2 Å². The predicted molar refractivity (Wildman–Crippen MR) is 117 cm³/mol. The summed E-state index contributed by atoms with van der Waals surface area (Å²) in [4.78, 5) is 18.4. The van der Waals surface area contributed by atoms with Crippen LogP contribution in [0.25, 0.3) is 10.9 Å². The van der Waals surface area contributed by atoms with Crippen LogP contribution in [0.1, 0.15) is 42.0 Å². The number of likely N-dealkylation sites (tertiary alicyclic amines) is 1. The lowest BCUT2D eigenvalue weighted by atomic mass is 9.71. The summed E-state index contributed by atoms with van der Waals surface area (Å²) in [6.45, 7) is 1.38. The van der Waals surface area contributed by atoms with E-state index >= 15 is 0 Å². The van der Waals surface area contributed by atoms with E-state index in [4.69, 9.17) is 5.73 Å². The Hall–Kier alpha value is -2.77. The van der Waals surface area contributed by atoms with Crippen LogP contribution < -0.4 is 11.1 Å². The van der Waals surface area contributed by atoms with Crippen molar-refractivity contribution in [2.75, 3.05) is 18.9 Å². The fraction of sp³-hybridized carbons (Fsp3) is 0.435. The van der Waals surface area contributed by atoms with E-state index in [2.05, 4.69) is 56.8 Å². The lowest BCUT2D eigenvalue weighted by molar-refractivity contribution is -0.116. The largest absolute Gasteiger partial charge is 0.361 e. The Morgan fingerprint density at radius 1 is 1.30 bits per heavy atom. The number of amides is 1. The van der Waals surface area contributed by atoms with Crippen LogP contribution >= 0.6 is 0 Å². The van der Waals surface area contributed by atoms with Crippen molar-refractivity contribution in [3.05, 3.63) is 53.3 Å². The first-order valence-electron chi connectivity index (χ1n) is 10.7. The molecule has 7 nitrogen and oxygen atoms in total. The maximum Gasteiger partial charge on any atom is 0.225 e. The number of aromatic amines is 1. The molecule has 3 heterocycles. The van der Waals surface area contributed by atoms with Gasteiger partial charge in [-0.05, 0) is 61.6 Å². The molecule has 0 bridgehead atoms. The van der Waals surface area contributed by atoms with Gasteiger partial charge in [0, 0.05) is 48.6 Å². The summed E-state index contributed by atoms with van der Waals surface area (Å²) in [5, 5.41) is 12.3. The number of anilines is 1. The number of rotatable bonds is 5. The van der Waals surface area contributed by atoms with Crippen LogP contribution in [0.4, 0.5) is 5.82 Å². The zero-order chi connectivity index (χ0) is 20.7. The Bertz CT molecular complexity index is 1060. The molecule has 156 valence electrons. The van der Waals surface area contributed by atoms with Crippen LogP contribution in [-0.2, 0) is 17.8 Å². The summed E-state index contributed by atoms with van der Waals surface area (Å²) in [5.74, 6) is 1.51. The first-order chi connectivity index (χ1) is 14.6. The summed E-state index contributed by atoms with van der Waals surface area (Å²) in [6, 6.07) is 10.7. The number of hydrogen-bond acceptors (Lipinski definition) is 5. The molecule has 1 aromatic carbocycles. The fourth-order valence-corrected chi connectivity index (χ4v) is 5.34. The van der Waals surface area contributed by atoms with E-state index < -0.39 is 0 Å². The third kappa shape index (κ3) is 3.48. The van der Waals surface area contributed by atoms with Gasteiger partial charge in [-0.1, -0.05) is 12.1 Å². The number of piperidine rings is 1. The van der Waals surface area contributed by atoms with Crippen molar-refractivity contribution in [1.82, 2.24) is 20.1 Å². The number of aromatic nitrogens is 3. The highest BCUT2D eigenvalue weighted by Gasteiger charge is 2.39. The van der Waals surface area contributed by atoms with Gasteiger partial charge in [-0.2, -0.15) is 5.10 Å². The lowest BCUT2D eigenvalue weighted by Gasteiger charge is -2.45. The van der Waals surface area contributed by atoms with Gasteiger partial charge in [0.25, 0.3) is 0 Å². The van der Waals surface area contributed by atoms with Gasteiger partial charge in [0.15, 0.2) is 5.82 Å². The topological polar surface area (TPSA) is 99.9 Å². The maximum absolute atomic E-state index is 12.4. The maximum atomic E-state index is 12.4. The number of nitrogens with two attached hydrogens (primary N) is 1. The molecule has 1 amide bonds. The van der Waals surface area contributed by atoms with E-state index in [0.717, 1.165) is 25.8 Å². The van der Waals surface area contributed by atoms with Gasteiger partial charge in [0.05, 0.1) is 5.69 Å². The van der Waals surface area contributed by atoms with Crippen LogP contribution in [0.15, 0.2) is 36.5 Å². The third-order valence-electron chi connectivity index (χ3n) is 6.79. The molecule has 1 saturated heterocycles. The average molecular weight is 405 g/mol. The molecule has 4 N–H and O–H groups in total. The van der Waals surface area contributed by atoms with Crippen LogP contribution in [0.5, 0.6) is 0 Å². The number of H-pyrrole nitrogens is 1. The number of carbonyl (C=O) groups excluding carboxylic acids is 1. The molecule has 3 atom stereocenters. The molecule has 0 radical (unpaired) electrons. The first kappa shape index (κ1) is 19.2. The number of nitrogens with zero attached hydrogens (tertiary/aromatic N) is 3. The highest BCUT2D eigenvalue weighted by molar-refractivity contribution is 5.90. The fourth-order valence-electron chi connectivity index (χ4n) is 5.34. The number of carbonyl (C=O) groups is 1. The van der Waals surface area contributed by atoms with Crippen molar-refractivity contribution >= 4 is 22.6 Å². The Balaban J connectivity index is 1.24. The van der Waals surface area contributed by atoms with E-state index in [9.17, 15) is 4.79 Å². The van der Waals surface area contributed by atoms with Crippen LogP contribution in [0, 0.1) is 5.92 Å². The smallest absolute Gasteiger partial charge is 0.225 e. The van der Waals surface area contributed by atoms with Crippen LogP contribution in [0.2, 0.25) is 0 Å². The molecule has 7 heteroatoms. The molecule has 5 rings (SSSR count). The van der Waals surface area contributed by atoms with Crippen molar-refractivity contribution in [2.24, 2.45) is 11.7 Å². The summed E-state index contributed by atoms with van der Waals surface area (Å²) in [7, 11) is 2.23. The molecule has 2 aliphatic rings. The van der Waals surface area contributed by atoms with E-state index in [1.807, 2.05) is 0 Å². The summed E-state index contributed by atoms with van der Waals surface area (Å²) in [6.07, 6.45) is 5.79. The normalized spacial score (nSPS) is 23.3. The summed E-state index contributed by atoms with van der Waals surface area (Å²) >= 11 is 0. The molecule has 0 saturated carbocycles. The van der Waals surface area contributed by atoms with Gasteiger partial charge in [-0.3, -0.25) is 4.79 Å². The minimum Gasteiger partial charge on any atom is -0.361 e. The quantitative estimate of drug-likeness (QED) is 0.607. The van der Waals surface area contributed by atoms with Gasteiger partial charge in [-0.25, -0.2) is 0 Å². The van der Waals surface area contributed by atoms with Gasteiger partial charge in [0.1, 0.15) is 0 Å². The molecule has 1 aliphatic carbocycles. The number of likely N-dealkylation sites (N-methyl/N-ethyl adjacent to an activating group) is 1. The molecule has 0 unspecified atom stereocenters. The molecule has 0 spiro atoms. The molecular formula is C23H28N6O. The zero-order valence-electron chi connectivity index (χ0n) is 17.3. The Labute approximate surface area is 176 Å². The number of nitrogens with one attached hydrogen (secondary N) is 2. The highest BCUT2D eigenvalue weighted by Crippen LogP contribution is 2.44. The van der Waals surface area contributed by atoms with Crippen molar-refractivity contribution < 1.29 is 4.79 Å². The number of benzene rings is 1. The second kappa shape index (κ2) is 7.81. The van der Waals surface area contributed by atoms with Crippen LogP contribution in [-0.4, -0.2) is 45.6 Å². The number of hydrogen-bond donors (Lipinski definition) is 3. The van der Waals surface area contributed by atoms with Crippen molar-refractivity contribution in [3.63, 3.8) is 0 Å². The molecule has 30 heavy (non-hydrogen) atoms. The standard InChI is InChI=1S/C23H28N6O/c1-29-13-14(5-8-22(30)26-21-7-6-16(11-24)27-28-21)9-18-17-3-2-4-19-23(17)15(12-25-19)10-20(18)29/h2-4,6-7,12,14,18,20,25H,5,8-11,13,24H2,1H3,(H,26,28,30)/t14-,18-,20-/m1/s1. The van der Waals surface area contributed by atoms with Crippen molar-refractivity contribution in [3.8, 4) is 0 Å². The van der Waals surface area contributed by atoms with E-state index in [1.54, 1.807) is 12.1 Å². The summed E-state index contributed by atoms with van der Waals surface area (Å²) in [5.41, 5.74) is 10.4. The Kier molecular flexibility index (Phi) is 5.00. The third-order valence-corrected chi connectivity index (χ3v) is 6.79. The summed E-state index contributed by atoms with van der Waals surface area (Å²) < 4.78 is 0. The lowest BCUT2D eigenvalue weighted by Crippen LogP contribution is -2.47. The molecule has 1 fully saturated rings. The van der Waals surface area contributed by atoms with Gasteiger partial charge in [0.2, 0.25) is 5.91 Å². The van der Waals surface area contributed by atoms with Crippen LogP contribution in [0.3, 0.4) is 0 Å².